The van der Waals surface area contributed by atoms with Gasteiger partial charge < -0.3 is 5.11 Å². The Balaban J connectivity index is 2.11. The maximum atomic E-state index is 12.3. The fraction of sp³-hybridized carbons (Fsp3) is 0.263. The van der Waals surface area contributed by atoms with E-state index >= 15 is 0 Å². The Kier molecular flexibility index (Phi) is 6.52. The second kappa shape index (κ2) is 8.62. The van der Waals surface area contributed by atoms with Crippen LogP contribution in [0.3, 0.4) is 0 Å². The maximum absolute atomic E-state index is 12.3. The van der Waals surface area contributed by atoms with Crippen LogP contribution in [0.4, 0.5) is 0 Å². The van der Waals surface area contributed by atoms with Gasteiger partial charge in [0, 0.05) is 12.8 Å². The van der Waals surface area contributed by atoms with E-state index in [9.17, 15) is 18.0 Å². The molecule has 0 saturated heterocycles. The van der Waals surface area contributed by atoms with E-state index in [0.717, 1.165) is 11.1 Å². The first-order valence-electron chi connectivity index (χ1n) is 8.17. The Morgan fingerprint density at radius 3 is 2.23 bits per heavy atom. The van der Waals surface area contributed by atoms with Gasteiger partial charge in [-0.2, -0.15) is 0 Å². The van der Waals surface area contributed by atoms with Gasteiger partial charge in [0.2, 0.25) is 5.91 Å². The average Bonchev–Trinajstić information content (AvgIpc) is 2.59. The van der Waals surface area contributed by atoms with E-state index in [0.29, 0.717) is 0 Å². The average molecular weight is 375 g/mol. The molecule has 0 radical (unpaired) electrons. The first kappa shape index (κ1) is 19.7. The van der Waals surface area contributed by atoms with Crippen molar-refractivity contribution in [3.8, 4) is 0 Å². The molecule has 2 rings (SSSR count). The number of aliphatic carboxylic acids is 1. The lowest BCUT2D eigenvalue weighted by Gasteiger charge is -2.16. The fourth-order valence-electron chi connectivity index (χ4n) is 2.60. The van der Waals surface area contributed by atoms with Crippen molar-refractivity contribution in [2.75, 3.05) is 0 Å². The molecule has 0 heterocycles. The van der Waals surface area contributed by atoms with Gasteiger partial charge in [0.15, 0.2) is 0 Å². The predicted molar refractivity (Wildman–Crippen MR) is 97.2 cm³/mol. The van der Waals surface area contributed by atoms with Crippen molar-refractivity contribution in [2.45, 2.75) is 37.0 Å². The molecule has 138 valence electrons. The predicted octanol–water partition coefficient (Wildman–Crippen LogP) is 2.84. The standard InChI is InChI=1S/C19H21NO5S/c1-14-7-10-17(11-8-14)26(24,25)20-18(21)13-16(9-12-19(22)23)15-5-3-2-4-6-15/h2-8,10-11,16H,9,12-13H2,1H3,(H,20,21)(H,22,23). The molecule has 26 heavy (non-hydrogen) atoms. The van der Waals surface area contributed by atoms with Crippen molar-refractivity contribution in [1.29, 1.82) is 0 Å². The third-order valence-electron chi connectivity index (χ3n) is 3.99. The number of benzene rings is 2. The number of carboxylic acids is 1. The number of hydrogen-bond donors (Lipinski definition) is 2. The van der Waals surface area contributed by atoms with Gasteiger partial charge in [0.25, 0.3) is 10.0 Å². The van der Waals surface area contributed by atoms with E-state index < -0.39 is 21.9 Å². The number of carbonyl (C=O) groups is 2. The number of carbonyl (C=O) groups excluding carboxylic acids is 1. The molecule has 0 aliphatic heterocycles. The summed E-state index contributed by atoms with van der Waals surface area (Å²) in [6.45, 7) is 1.84. The number of aryl methyl sites for hydroxylation is 1. The molecule has 0 saturated carbocycles. The zero-order valence-corrected chi connectivity index (χ0v) is 15.2. The molecular weight excluding hydrogens is 354 g/mol. The minimum atomic E-state index is -3.95. The van der Waals surface area contributed by atoms with Gasteiger partial charge in [0.1, 0.15) is 0 Å². The highest BCUT2D eigenvalue weighted by molar-refractivity contribution is 7.90. The second-order valence-corrected chi connectivity index (χ2v) is 7.77. The topological polar surface area (TPSA) is 101 Å². The van der Waals surface area contributed by atoms with Gasteiger partial charge in [-0.25, -0.2) is 13.1 Å². The molecule has 0 aliphatic carbocycles. The molecule has 1 unspecified atom stereocenters. The quantitative estimate of drug-likeness (QED) is 0.739. The van der Waals surface area contributed by atoms with Crippen LogP contribution in [0.5, 0.6) is 0 Å². The van der Waals surface area contributed by atoms with E-state index in [-0.39, 0.29) is 30.1 Å². The molecule has 7 heteroatoms. The van der Waals surface area contributed by atoms with Gasteiger partial charge in [-0.15, -0.1) is 0 Å². The van der Waals surface area contributed by atoms with Crippen molar-refractivity contribution in [3.05, 3.63) is 65.7 Å². The number of nitrogens with one attached hydrogen (secondary N) is 1. The van der Waals surface area contributed by atoms with Gasteiger partial charge in [0.05, 0.1) is 4.90 Å². The lowest BCUT2D eigenvalue weighted by atomic mass is 9.91. The molecular formula is C19H21NO5S. The molecule has 0 aromatic heterocycles. The zero-order chi connectivity index (χ0) is 19.2. The van der Waals surface area contributed by atoms with Crippen LogP contribution in [0.15, 0.2) is 59.5 Å². The number of hydrogen-bond acceptors (Lipinski definition) is 4. The van der Waals surface area contributed by atoms with Crippen molar-refractivity contribution in [2.24, 2.45) is 0 Å². The fourth-order valence-corrected chi connectivity index (χ4v) is 3.60. The van der Waals surface area contributed by atoms with Crippen LogP contribution >= 0.6 is 0 Å². The summed E-state index contributed by atoms with van der Waals surface area (Å²) < 4.78 is 26.7. The molecule has 2 aromatic carbocycles. The molecule has 0 bridgehead atoms. The van der Waals surface area contributed by atoms with Crippen LogP contribution in [0.2, 0.25) is 0 Å². The highest BCUT2D eigenvalue weighted by Gasteiger charge is 2.22. The lowest BCUT2D eigenvalue weighted by molar-refractivity contribution is -0.137. The number of amides is 1. The van der Waals surface area contributed by atoms with Crippen LogP contribution in [0.25, 0.3) is 0 Å². The molecule has 1 atom stereocenters. The van der Waals surface area contributed by atoms with E-state index in [1.807, 2.05) is 13.0 Å². The SMILES string of the molecule is Cc1ccc(S(=O)(=O)NC(=O)CC(CCC(=O)O)c2ccccc2)cc1. The summed E-state index contributed by atoms with van der Waals surface area (Å²) in [5.41, 5.74) is 1.71. The Morgan fingerprint density at radius 1 is 1.04 bits per heavy atom. The van der Waals surface area contributed by atoms with Gasteiger partial charge in [-0.1, -0.05) is 48.0 Å². The minimum Gasteiger partial charge on any atom is -0.481 e. The van der Waals surface area contributed by atoms with Gasteiger partial charge in [-0.3, -0.25) is 9.59 Å². The minimum absolute atomic E-state index is 0.0123. The van der Waals surface area contributed by atoms with Crippen LogP contribution in [0, 0.1) is 6.92 Å². The van der Waals surface area contributed by atoms with E-state index in [4.69, 9.17) is 5.11 Å². The molecule has 0 spiro atoms. The third kappa shape index (κ3) is 5.70. The summed E-state index contributed by atoms with van der Waals surface area (Å²) in [7, 11) is -3.95. The molecule has 2 N–H and O–H groups in total. The molecule has 6 nitrogen and oxygen atoms in total. The smallest absolute Gasteiger partial charge is 0.303 e. The second-order valence-electron chi connectivity index (χ2n) is 6.09. The van der Waals surface area contributed by atoms with E-state index in [1.54, 1.807) is 36.4 Å². The van der Waals surface area contributed by atoms with E-state index in [2.05, 4.69) is 4.72 Å². The Morgan fingerprint density at radius 2 is 1.65 bits per heavy atom. The third-order valence-corrected chi connectivity index (χ3v) is 5.38. The van der Waals surface area contributed by atoms with Crippen molar-refractivity contribution >= 4 is 21.9 Å². The molecule has 0 aliphatic rings. The highest BCUT2D eigenvalue weighted by atomic mass is 32.2. The van der Waals surface area contributed by atoms with Crippen molar-refractivity contribution in [1.82, 2.24) is 4.72 Å². The summed E-state index contributed by atoms with van der Waals surface area (Å²) in [5.74, 6) is -2.00. The van der Waals surface area contributed by atoms with E-state index in [1.165, 1.54) is 12.1 Å². The van der Waals surface area contributed by atoms with Crippen LogP contribution in [-0.4, -0.2) is 25.4 Å². The number of sulfonamides is 1. The summed E-state index contributed by atoms with van der Waals surface area (Å²) in [6.07, 6.45) is 0.0390. The molecule has 0 fully saturated rings. The van der Waals surface area contributed by atoms with Crippen LogP contribution in [-0.2, 0) is 19.6 Å². The van der Waals surface area contributed by atoms with Crippen LogP contribution < -0.4 is 4.72 Å². The molecule has 1 amide bonds. The highest BCUT2D eigenvalue weighted by Crippen LogP contribution is 2.25. The monoisotopic (exact) mass is 375 g/mol. The largest absolute Gasteiger partial charge is 0.481 e. The summed E-state index contributed by atoms with van der Waals surface area (Å²) >= 11 is 0. The Labute approximate surface area is 152 Å². The van der Waals surface area contributed by atoms with Gasteiger partial charge >= 0.3 is 5.97 Å². The summed E-state index contributed by atoms with van der Waals surface area (Å²) in [4.78, 5) is 23.2. The normalized spacial score (nSPS) is 12.3. The zero-order valence-electron chi connectivity index (χ0n) is 14.4. The van der Waals surface area contributed by atoms with Gasteiger partial charge in [-0.05, 0) is 37.0 Å². The summed E-state index contributed by atoms with van der Waals surface area (Å²) in [5, 5.41) is 8.90. The lowest BCUT2D eigenvalue weighted by Crippen LogP contribution is -2.31. The van der Waals surface area contributed by atoms with Crippen LogP contribution in [0.1, 0.15) is 36.3 Å². The van der Waals surface area contributed by atoms with Crippen molar-refractivity contribution < 1.29 is 23.1 Å². The maximum Gasteiger partial charge on any atom is 0.303 e. The molecule has 2 aromatic rings. The first-order valence-corrected chi connectivity index (χ1v) is 9.65. The number of carboxylic acid groups (broad SMARTS) is 1. The Hall–Kier alpha value is -2.67. The first-order chi connectivity index (χ1) is 12.3. The Bertz CT molecular complexity index is 861. The van der Waals surface area contributed by atoms with Crippen molar-refractivity contribution in [3.63, 3.8) is 0 Å². The number of rotatable bonds is 8. The summed E-state index contributed by atoms with van der Waals surface area (Å²) in [6, 6.07) is 15.2.